The summed E-state index contributed by atoms with van der Waals surface area (Å²) in [7, 11) is 0. The molecule has 0 N–H and O–H groups in total. The van der Waals surface area contributed by atoms with Crippen molar-refractivity contribution in [1.29, 1.82) is 0 Å². The first-order valence-electron chi connectivity index (χ1n) is 9.62. The lowest BCUT2D eigenvalue weighted by molar-refractivity contribution is 0.606. The average molecular weight is 412 g/mol. The van der Waals surface area contributed by atoms with E-state index < -0.39 is 5.82 Å². The van der Waals surface area contributed by atoms with Crippen molar-refractivity contribution in [3.05, 3.63) is 107 Å². The van der Waals surface area contributed by atoms with Crippen LogP contribution in [0.25, 0.3) is 28.5 Å². The Morgan fingerprint density at radius 2 is 1.68 bits per heavy atom. The maximum absolute atomic E-state index is 14.9. The van der Waals surface area contributed by atoms with Gasteiger partial charge in [-0.2, -0.15) is 15.3 Å². The van der Waals surface area contributed by atoms with Gasteiger partial charge in [-0.15, -0.1) is 0 Å². The fourth-order valence-corrected chi connectivity index (χ4v) is 3.40. The van der Waals surface area contributed by atoms with Gasteiger partial charge in [0.25, 0.3) is 0 Å². The molecule has 0 unspecified atom stereocenters. The van der Waals surface area contributed by atoms with Crippen LogP contribution in [0, 0.1) is 12.7 Å². The second kappa shape index (κ2) is 7.49. The number of nitrogens with zero attached hydrogens (tertiary/aromatic N) is 6. The quantitative estimate of drug-likeness (QED) is 0.451. The molecule has 0 aliphatic rings. The molecule has 2 aromatic carbocycles. The van der Waals surface area contributed by atoms with E-state index in [-0.39, 0.29) is 16.8 Å². The number of hydrogen-bond donors (Lipinski definition) is 0. The minimum atomic E-state index is -0.483. The Kier molecular flexibility index (Phi) is 4.51. The third kappa shape index (κ3) is 3.44. The zero-order valence-electron chi connectivity index (χ0n) is 16.6. The second-order valence-corrected chi connectivity index (χ2v) is 6.98. The Labute approximate surface area is 176 Å². The van der Waals surface area contributed by atoms with Crippen LogP contribution in [0.3, 0.4) is 0 Å². The highest BCUT2D eigenvalue weighted by atomic mass is 19.1. The molecule has 5 aromatic rings. The molecular weight excluding hydrogens is 395 g/mol. The Balaban J connectivity index is 1.61. The molecule has 8 heteroatoms. The summed E-state index contributed by atoms with van der Waals surface area (Å²) in [5, 5.41) is 13.1. The first kappa shape index (κ1) is 18.7. The van der Waals surface area contributed by atoms with Crippen LogP contribution < -0.4 is 5.43 Å². The van der Waals surface area contributed by atoms with Gasteiger partial charge in [0.15, 0.2) is 11.5 Å². The summed E-state index contributed by atoms with van der Waals surface area (Å²) in [5.74, 6) is -0.483. The largest absolute Gasteiger partial charge is 0.287 e. The predicted octanol–water partition coefficient (Wildman–Crippen LogP) is 3.72. The van der Waals surface area contributed by atoms with Gasteiger partial charge in [-0.25, -0.2) is 18.4 Å². The molecule has 7 nitrogen and oxygen atoms in total. The van der Waals surface area contributed by atoms with Gasteiger partial charge in [-0.1, -0.05) is 18.2 Å². The number of benzene rings is 2. The summed E-state index contributed by atoms with van der Waals surface area (Å²) >= 11 is 0. The second-order valence-electron chi connectivity index (χ2n) is 6.98. The van der Waals surface area contributed by atoms with Crippen molar-refractivity contribution < 1.29 is 4.39 Å². The van der Waals surface area contributed by atoms with Crippen LogP contribution in [-0.4, -0.2) is 29.3 Å². The van der Waals surface area contributed by atoms with Gasteiger partial charge in [0.05, 0.1) is 22.8 Å². The van der Waals surface area contributed by atoms with E-state index in [0.717, 1.165) is 11.4 Å². The number of para-hydroxylation sites is 1. The van der Waals surface area contributed by atoms with Crippen molar-refractivity contribution >= 4 is 0 Å². The molecule has 5 rings (SSSR count). The van der Waals surface area contributed by atoms with Crippen molar-refractivity contribution in [1.82, 2.24) is 29.3 Å². The van der Waals surface area contributed by atoms with Crippen LogP contribution in [0.2, 0.25) is 0 Å². The Morgan fingerprint density at radius 3 is 2.42 bits per heavy atom. The molecule has 0 spiro atoms. The highest BCUT2D eigenvalue weighted by Gasteiger charge is 2.16. The number of hydrogen-bond acceptors (Lipinski definition) is 4. The minimum Gasteiger partial charge on any atom is -0.287 e. The number of aromatic nitrogens is 6. The molecule has 3 aromatic heterocycles. The van der Waals surface area contributed by atoms with E-state index in [1.54, 1.807) is 46.0 Å². The van der Waals surface area contributed by atoms with Gasteiger partial charge >= 0.3 is 0 Å². The third-order valence-corrected chi connectivity index (χ3v) is 4.83. The fraction of sp³-hybridized carbons (Fsp3) is 0.0435. The average Bonchev–Trinajstić information content (AvgIpc) is 3.45. The maximum atomic E-state index is 14.9. The summed E-state index contributed by atoms with van der Waals surface area (Å²) in [5.41, 5.74) is 2.80. The van der Waals surface area contributed by atoms with Crippen molar-refractivity contribution in [2.24, 2.45) is 0 Å². The van der Waals surface area contributed by atoms with Crippen molar-refractivity contribution in [2.45, 2.75) is 6.92 Å². The van der Waals surface area contributed by atoms with Gasteiger partial charge in [0.2, 0.25) is 5.43 Å². The van der Waals surface area contributed by atoms with Gasteiger partial charge in [0.1, 0.15) is 5.69 Å². The molecule has 3 heterocycles. The molecule has 0 radical (unpaired) electrons. The molecule has 31 heavy (non-hydrogen) atoms. The molecular formula is C23H17FN6O. The Hall–Kier alpha value is -4.33. The summed E-state index contributed by atoms with van der Waals surface area (Å²) in [4.78, 5) is 12.7. The van der Waals surface area contributed by atoms with Crippen molar-refractivity contribution in [3.8, 4) is 28.5 Å². The van der Waals surface area contributed by atoms with Crippen LogP contribution in [-0.2, 0) is 0 Å². The van der Waals surface area contributed by atoms with Gasteiger partial charge in [-0.05, 0) is 43.3 Å². The number of aryl methyl sites for hydroxylation is 1. The number of rotatable bonds is 4. The highest BCUT2D eigenvalue weighted by Crippen LogP contribution is 2.21. The first-order chi connectivity index (χ1) is 15.1. The topological polar surface area (TPSA) is 70.5 Å². The van der Waals surface area contributed by atoms with E-state index in [1.807, 2.05) is 37.3 Å². The lowest BCUT2D eigenvalue weighted by atomic mass is 10.2. The molecule has 0 saturated heterocycles. The molecule has 0 bridgehead atoms. The number of halogens is 1. The molecule has 0 amide bonds. The standard InChI is InChI=1S/C23H17FN6O/c1-16-14-21(30(26-16)17-6-3-2-4-7-17)23-22(31)10-13-29(27-23)20-9-8-18(15-19(20)24)28-12-5-11-25-28/h2-15H,1H3. The van der Waals surface area contributed by atoms with E-state index in [1.165, 1.54) is 23.0 Å². The van der Waals surface area contributed by atoms with E-state index in [2.05, 4.69) is 15.3 Å². The van der Waals surface area contributed by atoms with Gasteiger partial charge < -0.3 is 0 Å². The van der Waals surface area contributed by atoms with E-state index in [0.29, 0.717) is 11.4 Å². The van der Waals surface area contributed by atoms with Crippen molar-refractivity contribution in [2.75, 3.05) is 0 Å². The normalized spacial score (nSPS) is 11.0. The van der Waals surface area contributed by atoms with Crippen LogP contribution in [0.5, 0.6) is 0 Å². The molecule has 0 aliphatic carbocycles. The van der Waals surface area contributed by atoms with Gasteiger partial charge in [-0.3, -0.25) is 4.79 Å². The lowest BCUT2D eigenvalue weighted by Gasteiger charge is -2.11. The molecule has 0 fully saturated rings. The van der Waals surface area contributed by atoms with E-state index in [4.69, 9.17) is 0 Å². The summed E-state index contributed by atoms with van der Waals surface area (Å²) in [6, 6.07) is 19.1. The van der Waals surface area contributed by atoms with Gasteiger partial charge in [0, 0.05) is 30.7 Å². The zero-order chi connectivity index (χ0) is 21.4. The first-order valence-corrected chi connectivity index (χ1v) is 9.62. The van der Waals surface area contributed by atoms with Crippen molar-refractivity contribution in [3.63, 3.8) is 0 Å². The van der Waals surface area contributed by atoms with Crippen LogP contribution in [0.15, 0.2) is 90.1 Å². The van der Waals surface area contributed by atoms with Crippen LogP contribution >= 0.6 is 0 Å². The monoisotopic (exact) mass is 412 g/mol. The highest BCUT2D eigenvalue weighted by molar-refractivity contribution is 5.58. The Morgan fingerprint density at radius 1 is 0.839 bits per heavy atom. The zero-order valence-corrected chi connectivity index (χ0v) is 16.6. The fourth-order valence-electron chi connectivity index (χ4n) is 3.40. The summed E-state index contributed by atoms with van der Waals surface area (Å²) < 4.78 is 19.5. The van der Waals surface area contributed by atoms with E-state index >= 15 is 0 Å². The maximum Gasteiger partial charge on any atom is 0.209 e. The molecule has 0 saturated carbocycles. The minimum absolute atomic E-state index is 0.183. The summed E-state index contributed by atoms with van der Waals surface area (Å²) in [6.07, 6.45) is 4.81. The Bertz CT molecular complexity index is 1420. The SMILES string of the molecule is Cc1cc(-c2nn(-c3ccc(-n4cccn4)cc3F)ccc2=O)n(-c2ccccc2)n1. The van der Waals surface area contributed by atoms with Crippen LogP contribution in [0.1, 0.15) is 5.69 Å². The smallest absolute Gasteiger partial charge is 0.209 e. The molecule has 0 aliphatic heterocycles. The molecule has 0 atom stereocenters. The third-order valence-electron chi connectivity index (χ3n) is 4.83. The summed E-state index contributed by atoms with van der Waals surface area (Å²) in [6.45, 7) is 1.85. The molecule has 152 valence electrons. The lowest BCUT2D eigenvalue weighted by Crippen LogP contribution is -2.15. The predicted molar refractivity (Wildman–Crippen MR) is 114 cm³/mol. The van der Waals surface area contributed by atoms with Crippen LogP contribution in [0.4, 0.5) is 4.39 Å². The van der Waals surface area contributed by atoms with E-state index in [9.17, 15) is 9.18 Å².